The second kappa shape index (κ2) is 32.4. The summed E-state index contributed by atoms with van der Waals surface area (Å²) in [6.45, 7) is 3.06. The number of carbonyl (C=O) groups excluding carboxylic acids is 2. The quantitative estimate of drug-likeness (QED) is 0.0105. The van der Waals surface area contributed by atoms with Gasteiger partial charge in [0.05, 0.1) is 18.8 Å². The standard InChI is InChI=1S/C43H80O17P2/c1-3-5-7-9-11-12-13-14-15-16-17-21-26-30-37(45)57-33(32-56-62(53,54)60-43-40(48)38(46)39(47)42(41(43)49)59-61(50,51)52)31-55-36(44)29-25-22-18-20-24-28-35-34(58-35)27-23-19-10-8-6-4-2/h19,23,33-35,38-43,46-49H,3-18,20-22,24-32H2,1-2H3,(H,53,54)(H2,50,51,52)/b23-19-/t33-,34?,35?,38?,39?,40?,41?,42-,43+/m1/s1. The summed E-state index contributed by atoms with van der Waals surface area (Å²) in [5.74, 6) is -1.22. The molecule has 1 saturated heterocycles. The summed E-state index contributed by atoms with van der Waals surface area (Å²) in [6.07, 6.45) is 16.2. The Balaban J connectivity index is 1.80. The van der Waals surface area contributed by atoms with Crippen molar-refractivity contribution < 1.29 is 81.6 Å². The van der Waals surface area contributed by atoms with Gasteiger partial charge in [0.2, 0.25) is 0 Å². The third kappa shape index (κ3) is 26.0. The van der Waals surface area contributed by atoms with Gasteiger partial charge in [-0.05, 0) is 38.5 Å². The Labute approximate surface area is 369 Å². The van der Waals surface area contributed by atoms with Gasteiger partial charge >= 0.3 is 27.6 Å². The van der Waals surface area contributed by atoms with Crippen LogP contribution in [0.25, 0.3) is 0 Å². The first-order chi connectivity index (χ1) is 29.6. The van der Waals surface area contributed by atoms with E-state index < -0.39 is 83.5 Å². The Morgan fingerprint density at radius 3 is 1.65 bits per heavy atom. The molecule has 0 aromatic heterocycles. The lowest BCUT2D eigenvalue weighted by Crippen LogP contribution is -2.64. The molecular weight excluding hydrogens is 850 g/mol. The average Bonchev–Trinajstić information content (AvgIpc) is 3.98. The van der Waals surface area contributed by atoms with Crippen molar-refractivity contribution >= 4 is 27.6 Å². The van der Waals surface area contributed by atoms with Crippen molar-refractivity contribution in [3.63, 3.8) is 0 Å². The molecule has 0 bridgehead atoms. The number of hydrogen-bond donors (Lipinski definition) is 7. The third-order valence-corrected chi connectivity index (χ3v) is 12.8. The molecule has 10 atom stereocenters. The van der Waals surface area contributed by atoms with Gasteiger partial charge in [0.1, 0.15) is 43.2 Å². The lowest BCUT2D eigenvalue weighted by atomic mass is 9.85. The van der Waals surface area contributed by atoms with Crippen molar-refractivity contribution in [1.29, 1.82) is 0 Å². The monoisotopic (exact) mass is 930 g/mol. The molecule has 0 spiro atoms. The molecule has 0 amide bonds. The van der Waals surface area contributed by atoms with Gasteiger partial charge in [0.25, 0.3) is 0 Å². The fourth-order valence-electron chi connectivity index (χ4n) is 7.50. The first-order valence-corrected chi connectivity index (χ1v) is 26.4. The molecule has 0 aromatic rings. The van der Waals surface area contributed by atoms with Crippen molar-refractivity contribution in [2.75, 3.05) is 13.2 Å². The number of aliphatic hydroxyl groups excluding tert-OH is 4. The number of epoxide rings is 1. The number of aliphatic hydroxyl groups is 4. The normalized spacial score (nSPS) is 25.4. The zero-order chi connectivity index (χ0) is 45.8. The second-order valence-corrected chi connectivity index (χ2v) is 19.5. The number of allylic oxidation sites excluding steroid dienone is 1. The first kappa shape index (κ1) is 56.8. The smallest absolute Gasteiger partial charge is 0.462 e. The van der Waals surface area contributed by atoms with E-state index in [4.69, 9.17) is 33.0 Å². The lowest BCUT2D eigenvalue weighted by molar-refractivity contribution is -0.216. The maximum absolute atomic E-state index is 13.0. The van der Waals surface area contributed by atoms with Crippen LogP contribution in [-0.2, 0) is 46.5 Å². The Morgan fingerprint density at radius 2 is 1.08 bits per heavy atom. The lowest BCUT2D eigenvalue weighted by Gasteiger charge is -2.43. The summed E-state index contributed by atoms with van der Waals surface area (Å²) in [5, 5.41) is 41.2. The molecule has 2 rings (SSSR count). The molecule has 17 nitrogen and oxygen atoms in total. The zero-order valence-electron chi connectivity index (χ0n) is 37.3. The van der Waals surface area contributed by atoms with E-state index in [1.54, 1.807) is 0 Å². The molecule has 2 fully saturated rings. The molecule has 62 heavy (non-hydrogen) atoms. The fraction of sp³-hybridized carbons (Fsp3) is 0.907. The number of phosphoric acid groups is 2. The van der Waals surface area contributed by atoms with Gasteiger partial charge in [-0.25, -0.2) is 9.13 Å². The molecule has 1 aliphatic heterocycles. The molecule has 1 aliphatic carbocycles. The van der Waals surface area contributed by atoms with Crippen LogP contribution in [0.15, 0.2) is 12.2 Å². The Bertz CT molecular complexity index is 1330. The van der Waals surface area contributed by atoms with Crippen LogP contribution in [0.3, 0.4) is 0 Å². The number of ether oxygens (including phenoxy) is 3. The SMILES string of the molecule is CCCCC/C=C\CC1OC1CCCCCCCC(=O)OC[C@H](COP(=O)(O)O[C@H]1C(O)C(O)C(O)[C@@H](OP(=O)(O)O)C1O)OC(=O)CCCCCCCCCCCCCCC. The number of hydrogen-bond acceptors (Lipinski definition) is 14. The summed E-state index contributed by atoms with van der Waals surface area (Å²) in [4.78, 5) is 54.2. The maximum Gasteiger partial charge on any atom is 0.472 e. The topological polar surface area (TPSA) is 269 Å². The molecule has 2 aliphatic rings. The summed E-state index contributed by atoms with van der Waals surface area (Å²) in [6, 6.07) is 0. The first-order valence-electron chi connectivity index (χ1n) is 23.4. The van der Waals surface area contributed by atoms with Crippen LogP contribution in [0.2, 0.25) is 0 Å². The van der Waals surface area contributed by atoms with Crippen molar-refractivity contribution in [3.8, 4) is 0 Å². The summed E-state index contributed by atoms with van der Waals surface area (Å²) < 4.78 is 55.1. The molecule has 1 saturated carbocycles. The van der Waals surface area contributed by atoms with Gasteiger partial charge in [0.15, 0.2) is 6.10 Å². The zero-order valence-corrected chi connectivity index (χ0v) is 39.0. The van der Waals surface area contributed by atoms with E-state index in [0.29, 0.717) is 25.0 Å². The summed E-state index contributed by atoms with van der Waals surface area (Å²) in [7, 11) is -10.7. The number of unbranched alkanes of at least 4 members (excludes halogenated alkanes) is 19. The van der Waals surface area contributed by atoms with Gasteiger partial charge < -0.3 is 49.3 Å². The molecule has 19 heteroatoms. The average molecular weight is 931 g/mol. The van der Waals surface area contributed by atoms with Crippen molar-refractivity contribution in [2.45, 2.75) is 236 Å². The molecular formula is C43H80O17P2. The van der Waals surface area contributed by atoms with Crippen LogP contribution in [0, 0.1) is 0 Å². The third-order valence-electron chi connectivity index (χ3n) is 11.3. The molecule has 7 unspecified atom stereocenters. The highest BCUT2D eigenvalue weighted by atomic mass is 31.2. The molecule has 0 radical (unpaired) electrons. The van der Waals surface area contributed by atoms with Crippen LogP contribution in [0.1, 0.15) is 181 Å². The molecule has 1 heterocycles. The van der Waals surface area contributed by atoms with Gasteiger partial charge in [-0.3, -0.25) is 23.2 Å². The largest absolute Gasteiger partial charge is 0.472 e. The molecule has 364 valence electrons. The van der Waals surface area contributed by atoms with E-state index in [2.05, 4.69) is 30.5 Å². The van der Waals surface area contributed by atoms with E-state index in [-0.39, 0.29) is 12.8 Å². The Hall–Kier alpha value is -1.30. The van der Waals surface area contributed by atoms with E-state index >= 15 is 0 Å². The van der Waals surface area contributed by atoms with E-state index in [0.717, 1.165) is 70.6 Å². The van der Waals surface area contributed by atoms with Crippen LogP contribution >= 0.6 is 15.6 Å². The Kier molecular flexibility index (Phi) is 29.7. The molecule has 7 N–H and O–H groups in total. The predicted molar refractivity (Wildman–Crippen MR) is 232 cm³/mol. The van der Waals surface area contributed by atoms with E-state index in [9.17, 15) is 44.0 Å². The van der Waals surface area contributed by atoms with Crippen molar-refractivity contribution in [3.05, 3.63) is 12.2 Å². The molecule has 0 aromatic carbocycles. The van der Waals surface area contributed by atoms with Crippen molar-refractivity contribution in [2.24, 2.45) is 0 Å². The minimum Gasteiger partial charge on any atom is -0.462 e. The van der Waals surface area contributed by atoms with Crippen molar-refractivity contribution in [1.82, 2.24) is 0 Å². The van der Waals surface area contributed by atoms with Crippen LogP contribution < -0.4 is 0 Å². The number of carbonyl (C=O) groups is 2. The van der Waals surface area contributed by atoms with E-state index in [1.165, 1.54) is 70.6 Å². The van der Waals surface area contributed by atoms with Gasteiger partial charge in [-0.15, -0.1) is 0 Å². The number of esters is 2. The van der Waals surface area contributed by atoms with Crippen LogP contribution in [0.4, 0.5) is 0 Å². The minimum atomic E-state index is -5.36. The second-order valence-electron chi connectivity index (χ2n) is 16.9. The van der Waals surface area contributed by atoms with Crippen LogP contribution in [-0.4, -0.2) is 115 Å². The highest BCUT2D eigenvalue weighted by Gasteiger charge is 2.54. The highest BCUT2D eigenvalue weighted by molar-refractivity contribution is 7.47. The fourth-order valence-corrected chi connectivity index (χ4v) is 9.04. The predicted octanol–water partition coefficient (Wildman–Crippen LogP) is 7.38. The maximum atomic E-state index is 13.0. The Morgan fingerprint density at radius 1 is 0.581 bits per heavy atom. The minimum absolute atomic E-state index is 0.0425. The summed E-state index contributed by atoms with van der Waals surface area (Å²) >= 11 is 0. The number of phosphoric ester groups is 2. The highest BCUT2D eigenvalue weighted by Crippen LogP contribution is 2.49. The van der Waals surface area contributed by atoms with Gasteiger partial charge in [-0.2, -0.15) is 0 Å². The van der Waals surface area contributed by atoms with Gasteiger partial charge in [-0.1, -0.05) is 142 Å². The van der Waals surface area contributed by atoms with Crippen LogP contribution in [0.5, 0.6) is 0 Å². The summed E-state index contributed by atoms with van der Waals surface area (Å²) in [5.41, 5.74) is 0. The number of rotatable bonds is 38. The van der Waals surface area contributed by atoms with E-state index in [1.807, 2.05) is 0 Å². The van der Waals surface area contributed by atoms with Gasteiger partial charge in [0, 0.05) is 12.8 Å².